The fourth-order valence-corrected chi connectivity index (χ4v) is 2.12. The van der Waals surface area contributed by atoms with E-state index in [0.29, 0.717) is 0 Å². The molecule has 2 aliphatic carbocycles. The second-order valence-corrected chi connectivity index (χ2v) is 4.45. The predicted octanol–water partition coefficient (Wildman–Crippen LogP) is 8.30. The van der Waals surface area contributed by atoms with Gasteiger partial charge in [-0.05, 0) is 0 Å². The van der Waals surface area contributed by atoms with Gasteiger partial charge in [-0.15, -0.1) is 0 Å². The summed E-state index contributed by atoms with van der Waals surface area (Å²) in [6.07, 6.45) is 19.5. The average molecular weight is 351 g/mol. The maximum atomic E-state index is 8.35. The van der Waals surface area contributed by atoms with Crippen molar-refractivity contribution < 1.29 is 9.59 Å². The summed E-state index contributed by atoms with van der Waals surface area (Å²) in [7, 11) is 0. The third-order valence-electron chi connectivity index (χ3n) is 3.00. The molecule has 2 rings (SSSR count). The maximum Gasteiger partial charge on any atom is 0.231 e. The van der Waals surface area contributed by atoms with Gasteiger partial charge in [0.1, 0.15) is 0 Å². The summed E-state index contributed by atoms with van der Waals surface area (Å²) in [6, 6.07) is 0. The highest BCUT2D eigenvalue weighted by Crippen LogP contribution is 2.15. The Labute approximate surface area is 154 Å². The average Bonchev–Trinajstić information content (AvgIpc) is 2.45. The van der Waals surface area contributed by atoms with Crippen LogP contribution < -0.4 is 0 Å². The lowest BCUT2D eigenvalue weighted by Crippen LogP contribution is -1.85. The Balaban J connectivity index is -0.0000000229. The summed E-state index contributed by atoms with van der Waals surface area (Å²) < 4.78 is 0. The van der Waals surface area contributed by atoms with E-state index in [1.54, 1.807) is 0 Å². The van der Waals surface area contributed by atoms with E-state index in [2.05, 4.69) is 0 Å². The Morgan fingerprint density at radius 3 is 0.458 bits per heavy atom. The standard InChI is InChI=1S/2C6H12.2CHNO.6CH4/c2*1-2-4-6-5-3-1;2*2-1-3;;;;;;/h2*1-6H2;2*2H;6*1H4. The van der Waals surface area contributed by atoms with Crippen LogP contribution in [0.5, 0.6) is 0 Å². The first-order chi connectivity index (χ1) is 8.83. The molecule has 2 N–H and O–H groups in total. The highest BCUT2D eigenvalue weighted by Gasteiger charge is 1.96. The van der Waals surface area contributed by atoms with Crippen molar-refractivity contribution >= 4 is 12.2 Å². The SMILES string of the molecule is C.C.C.C.C.C.C1CCCCC1.C1CCCCC1.N=C=O.N=C=O. The second-order valence-electron chi connectivity index (χ2n) is 4.45. The summed E-state index contributed by atoms with van der Waals surface area (Å²) in [5.74, 6) is 0. The number of carbonyl (C=O) groups excluding carboxylic acids is 2. The first-order valence-electron chi connectivity index (χ1n) is 6.91. The minimum absolute atomic E-state index is 0. The number of isocyanates is 2. The number of nitrogens with one attached hydrogen (secondary N) is 2. The van der Waals surface area contributed by atoms with Gasteiger partial charge in [0.25, 0.3) is 0 Å². The van der Waals surface area contributed by atoms with Crippen LogP contribution in [0, 0.1) is 10.8 Å². The summed E-state index contributed by atoms with van der Waals surface area (Å²) in [5, 5.41) is 10.8. The van der Waals surface area contributed by atoms with Crippen molar-refractivity contribution in [3.8, 4) is 0 Å². The Morgan fingerprint density at radius 1 is 0.375 bits per heavy atom. The van der Waals surface area contributed by atoms with Crippen LogP contribution in [0.4, 0.5) is 0 Å². The van der Waals surface area contributed by atoms with Crippen LogP contribution in [0.1, 0.15) is 122 Å². The first-order valence-corrected chi connectivity index (χ1v) is 6.91. The Hall–Kier alpha value is -1.24. The molecule has 0 spiro atoms. The van der Waals surface area contributed by atoms with Gasteiger partial charge in [-0.2, -0.15) is 0 Å². The first kappa shape index (κ1) is 49.5. The molecule has 0 aliphatic heterocycles. The highest BCUT2D eigenvalue weighted by molar-refractivity contribution is 5.26. The molecule has 4 nitrogen and oxygen atoms in total. The normalized spacial score (nSPS) is 12.7. The zero-order valence-corrected chi connectivity index (χ0v) is 11.3. The summed E-state index contributed by atoms with van der Waals surface area (Å²) in [5.41, 5.74) is 0. The predicted molar refractivity (Wildman–Crippen MR) is 113 cm³/mol. The summed E-state index contributed by atoms with van der Waals surface area (Å²) in [6.45, 7) is 0. The molecule has 0 bridgehead atoms. The molecule has 0 unspecified atom stereocenters. The van der Waals surface area contributed by atoms with Gasteiger partial charge in [0.05, 0.1) is 0 Å². The third-order valence-corrected chi connectivity index (χ3v) is 3.00. The van der Waals surface area contributed by atoms with Crippen LogP contribution in [0.2, 0.25) is 0 Å². The molecule has 0 saturated heterocycles. The van der Waals surface area contributed by atoms with Crippen molar-refractivity contribution in [1.82, 2.24) is 0 Å². The van der Waals surface area contributed by atoms with Crippen LogP contribution in [0.3, 0.4) is 0 Å². The van der Waals surface area contributed by atoms with Crippen molar-refractivity contribution in [3.05, 3.63) is 0 Å². The molecule has 2 aliphatic rings. The minimum atomic E-state index is 0. The molecule has 0 atom stereocenters. The van der Waals surface area contributed by atoms with Gasteiger partial charge in [-0.3, -0.25) is 0 Å². The molecule has 0 radical (unpaired) electrons. The third kappa shape index (κ3) is 70.0. The molecule has 4 heteroatoms. The molecule has 0 amide bonds. The molecule has 24 heavy (non-hydrogen) atoms. The van der Waals surface area contributed by atoms with E-state index in [0.717, 1.165) is 12.2 Å². The Bertz CT molecular complexity index is 165. The molecule has 0 heterocycles. The molecule has 0 aromatic carbocycles. The van der Waals surface area contributed by atoms with E-state index in [9.17, 15) is 0 Å². The Kier molecular flexibility index (Phi) is 119. The van der Waals surface area contributed by atoms with E-state index in [1.807, 2.05) is 0 Å². The van der Waals surface area contributed by atoms with Crippen molar-refractivity contribution in [1.29, 1.82) is 10.8 Å². The van der Waals surface area contributed by atoms with Crippen molar-refractivity contribution in [2.75, 3.05) is 0 Å². The van der Waals surface area contributed by atoms with Crippen molar-refractivity contribution in [2.24, 2.45) is 0 Å². The maximum absolute atomic E-state index is 8.35. The molecule has 2 saturated carbocycles. The zero-order chi connectivity index (χ0) is 13.9. The van der Waals surface area contributed by atoms with Crippen molar-refractivity contribution in [3.63, 3.8) is 0 Å². The van der Waals surface area contributed by atoms with Crippen LogP contribution in [0.25, 0.3) is 0 Å². The number of hydrogen-bond donors (Lipinski definition) is 2. The van der Waals surface area contributed by atoms with E-state index < -0.39 is 0 Å². The number of rotatable bonds is 0. The van der Waals surface area contributed by atoms with Gasteiger partial charge in [-0.25, -0.2) is 20.4 Å². The van der Waals surface area contributed by atoms with Crippen LogP contribution in [-0.4, -0.2) is 12.2 Å². The van der Waals surface area contributed by atoms with Crippen LogP contribution in [-0.2, 0) is 9.59 Å². The quantitative estimate of drug-likeness (QED) is 0.340. The van der Waals surface area contributed by atoms with E-state index in [4.69, 9.17) is 20.4 Å². The van der Waals surface area contributed by atoms with E-state index in [-0.39, 0.29) is 44.6 Å². The smallest absolute Gasteiger partial charge is 0.222 e. The fourth-order valence-electron chi connectivity index (χ4n) is 2.12. The molecular formula is C20H50N2O2. The topological polar surface area (TPSA) is 81.8 Å². The van der Waals surface area contributed by atoms with Crippen LogP contribution >= 0.6 is 0 Å². The van der Waals surface area contributed by atoms with Crippen molar-refractivity contribution in [2.45, 2.75) is 122 Å². The van der Waals surface area contributed by atoms with Crippen LogP contribution in [0.15, 0.2) is 0 Å². The van der Waals surface area contributed by atoms with Gasteiger partial charge in [0, 0.05) is 0 Å². The summed E-state index contributed by atoms with van der Waals surface area (Å²) in [4.78, 5) is 16.7. The monoisotopic (exact) mass is 350 g/mol. The lowest BCUT2D eigenvalue weighted by atomic mass is 10.0. The largest absolute Gasteiger partial charge is 0.231 e. The number of hydrogen-bond acceptors (Lipinski definition) is 4. The molecule has 0 aromatic heterocycles. The lowest BCUT2D eigenvalue weighted by molar-refractivity contribution is 0.504. The minimum Gasteiger partial charge on any atom is -0.222 e. The molecular weight excluding hydrogens is 300 g/mol. The van der Waals surface area contributed by atoms with E-state index in [1.165, 1.54) is 77.0 Å². The van der Waals surface area contributed by atoms with Gasteiger partial charge < -0.3 is 0 Å². The Morgan fingerprint density at radius 2 is 0.417 bits per heavy atom. The van der Waals surface area contributed by atoms with Gasteiger partial charge >= 0.3 is 0 Å². The molecule has 152 valence electrons. The summed E-state index contributed by atoms with van der Waals surface area (Å²) >= 11 is 0. The molecule has 2 fully saturated rings. The fraction of sp³-hybridized carbons (Fsp3) is 0.900. The second kappa shape index (κ2) is 57.6. The lowest BCUT2D eigenvalue weighted by Gasteiger charge is -2.05. The molecule has 0 aromatic rings. The van der Waals surface area contributed by atoms with Gasteiger partial charge in [-0.1, -0.05) is 122 Å². The highest BCUT2D eigenvalue weighted by atomic mass is 16.1. The zero-order valence-electron chi connectivity index (χ0n) is 11.3. The van der Waals surface area contributed by atoms with Gasteiger partial charge in [0.2, 0.25) is 12.2 Å². The van der Waals surface area contributed by atoms with E-state index >= 15 is 0 Å². The van der Waals surface area contributed by atoms with Gasteiger partial charge in [0.15, 0.2) is 0 Å².